The molecule has 0 saturated heterocycles. The van der Waals surface area contributed by atoms with Crippen LogP contribution in [0.4, 0.5) is 0 Å². The molecule has 0 radical (unpaired) electrons. The highest BCUT2D eigenvalue weighted by atomic mass is 16.5. The molecule has 0 amide bonds. The molecule has 1 aromatic heterocycles. The molecule has 0 saturated carbocycles. The number of hydrogen-bond acceptors (Lipinski definition) is 3. The molecule has 0 atom stereocenters. The zero-order chi connectivity index (χ0) is 13.8. The third-order valence-electron chi connectivity index (χ3n) is 3.30. The first-order valence-electron chi connectivity index (χ1n) is 6.97. The van der Waals surface area contributed by atoms with Gasteiger partial charge < -0.3 is 14.5 Å². The van der Waals surface area contributed by atoms with Gasteiger partial charge in [-0.05, 0) is 31.0 Å². The van der Waals surface area contributed by atoms with Crippen LogP contribution >= 0.6 is 0 Å². The molecule has 0 aliphatic heterocycles. The van der Waals surface area contributed by atoms with Crippen LogP contribution in [-0.4, -0.2) is 13.7 Å². The number of rotatable bonds is 6. The summed E-state index contributed by atoms with van der Waals surface area (Å²) < 4.78 is 11.3. The molecule has 2 rings (SSSR count). The van der Waals surface area contributed by atoms with E-state index in [1.165, 1.54) is 10.9 Å². The van der Waals surface area contributed by atoms with Gasteiger partial charge in [-0.3, -0.25) is 0 Å². The third-order valence-corrected chi connectivity index (χ3v) is 3.30. The summed E-state index contributed by atoms with van der Waals surface area (Å²) in [6, 6.07) is 6.05. The van der Waals surface area contributed by atoms with E-state index in [0.717, 1.165) is 36.6 Å². The monoisotopic (exact) mass is 261 g/mol. The average molecular weight is 261 g/mol. The van der Waals surface area contributed by atoms with Gasteiger partial charge >= 0.3 is 0 Å². The first kappa shape index (κ1) is 13.9. The molecular formula is C16H23NO2. The first-order valence-corrected chi connectivity index (χ1v) is 6.97. The van der Waals surface area contributed by atoms with E-state index in [2.05, 4.69) is 32.2 Å². The Morgan fingerprint density at radius 3 is 2.74 bits per heavy atom. The maximum atomic E-state index is 6.01. The third kappa shape index (κ3) is 2.92. The quantitative estimate of drug-likeness (QED) is 0.796. The smallest absolute Gasteiger partial charge is 0.138 e. The number of ether oxygens (including phenoxy) is 1. The second kappa shape index (κ2) is 6.11. The second-order valence-corrected chi connectivity index (χ2v) is 5.13. The molecule has 2 aromatic rings. The zero-order valence-electron chi connectivity index (χ0n) is 12.2. The zero-order valence-corrected chi connectivity index (χ0v) is 12.2. The summed E-state index contributed by atoms with van der Waals surface area (Å²) in [5.41, 5.74) is 2.22. The Balaban J connectivity index is 2.40. The molecule has 104 valence electrons. The van der Waals surface area contributed by atoms with Crippen LogP contribution in [0.2, 0.25) is 0 Å². The number of nitrogens with one attached hydrogen (secondary N) is 1. The Kier molecular flexibility index (Phi) is 4.48. The van der Waals surface area contributed by atoms with Gasteiger partial charge in [-0.15, -0.1) is 0 Å². The molecule has 0 aliphatic carbocycles. The maximum Gasteiger partial charge on any atom is 0.138 e. The Labute approximate surface area is 114 Å². The van der Waals surface area contributed by atoms with Gasteiger partial charge in [0.15, 0.2) is 0 Å². The molecule has 1 heterocycles. The van der Waals surface area contributed by atoms with Crippen molar-refractivity contribution < 1.29 is 9.15 Å². The molecule has 0 spiro atoms. The predicted molar refractivity (Wildman–Crippen MR) is 78.9 cm³/mol. The molecule has 3 heteroatoms. The van der Waals surface area contributed by atoms with Gasteiger partial charge in [0.25, 0.3) is 0 Å². The van der Waals surface area contributed by atoms with Crippen molar-refractivity contribution in [2.75, 3.05) is 13.7 Å². The van der Waals surface area contributed by atoms with Gasteiger partial charge in [-0.2, -0.15) is 0 Å². The lowest BCUT2D eigenvalue weighted by atomic mass is 9.99. The molecular weight excluding hydrogens is 238 g/mol. The predicted octanol–water partition coefficient (Wildman–Crippen LogP) is 4.06. The fraction of sp³-hybridized carbons (Fsp3) is 0.500. The average Bonchev–Trinajstić information content (AvgIpc) is 2.76. The summed E-state index contributed by atoms with van der Waals surface area (Å²) in [4.78, 5) is 0. The molecule has 1 aromatic carbocycles. The van der Waals surface area contributed by atoms with Crippen LogP contribution in [0, 0.1) is 0 Å². The Bertz CT molecular complexity index is 543. The largest absolute Gasteiger partial charge is 0.497 e. The molecule has 0 bridgehead atoms. The van der Waals surface area contributed by atoms with E-state index >= 15 is 0 Å². The van der Waals surface area contributed by atoms with E-state index < -0.39 is 0 Å². The molecule has 1 N–H and O–H groups in total. The van der Waals surface area contributed by atoms with Crippen molar-refractivity contribution in [2.45, 2.75) is 39.7 Å². The van der Waals surface area contributed by atoms with E-state index in [1.54, 1.807) is 7.11 Å². The lowest BCUT2D eigenvalue weighted by molar-refractivity contribution is 0.414. The summed E-state index contributed by atoms with van der Waals surface area (Å²) in [6.45, 7) is 8.38. The van der Waals surface area contributed by atoms with E-state index in [9.17, 15) is 0 Å². The van der Waals surface area contributed by atoms with Crippen molar-refractivity contribution in [3.05, 3.63) is 29.5 Å². The van der Waals surface area contributed by atoms with Crippen molar-refractivity contribution in [3.8, 4) is 5.75 Å². The van der Waals surface area contributed by atoms with Gasteiger partial charge in [0, 0.05) is 17.0 Å². The van der Waals surface area contributed by atoms with E-state index in [0.29, 0.717) is 5.92 Å². The van der Waals surface area contributed by atoms with Crippen molar-refractivity contribution in [3.63, 3.8) is 0 Å². The van der Waals surface area contributed by atoms with Crippen LogP contribution in [0.25, 0.3) is 11.0 Å². The van der Waals surface area contributed by atoms with Crippen molar-refractivity contribution >= 4 is 11.0 Å². The maximum absolute atomic E-state index is 6.01. The van der Waals surface area contributed by atoms with Crippen LogP contribution in [-0.2, 0) is 6.54 Å². The fourth-order valence-corrected chi connectivity index (χ4v) is 2.42. The first-order chi connectivity index (χ1) is 9.17. The van der Waals surface area contributed by atoms with Gasteiger partial charge in [0.05, 0.1) is 13.7 Å². The summed E-state index contributed by atoms with van der Waals surface area (Å²) in [7, 11) is 1.68. The van der Waals surface area contributed by atoms with E-state index in [1.807, 2.05) is 12.1 Å². The highest BCUT2D eigenvalue weighted by Gasteiger charge is 2.17. The SMILES string of the molecule is CCCNCc1oc2cc(OC)ccc2c1C(C)C. The minimum Gasteiger partial charge on any atom is -0.497 e. The van der Waals surface area contributed by atoms with Crippen molar-refractivity contribution in [2.24, 2.45) is 0 Å². The normalized spacial score (nSPS) is 11.4. The highest BCUT2D eigenvalue weighted by molar-refractivity contribution is 5.84. The number of hydrogen-bond donors (Lipinski definition) is 1. The Morgan fingerprint density at radius 1 is 1.32 bits per heavy atom. The van der Waals surface area contributed by atoms with Crippen LogP contribution in [0.15, 0.2) is 22.6 Å². The summed E-state index contributed by atoms with van der Waals surface area (Å²) in [5.74, 6) is 2.34. The highest BCUT2D eigenvalue weighted by Crippen LogP contribution is 2.33. The van der Waals surface area contributed by atoms with Crippen LogP contribution in [0.3, 0.4) is 0 Å². The lowest BCUT2D eigenvalue weighted by Gasteiger charge is -2.07. The summed E-state index contributed by atoms with van der Waals surface area (Å²) in [6.07, 6.45) is 1.13. The number of furan rings is 1. The van der Waals surface area contributed by atoms with Gasteiger partial charge in [-0.25, -0.2) is 0 Å². The molecule has 19 heavy (non-hydrogen) atoms. The van der Waals surface area contributed by atoms with Crippen LogP contribution in [0.5, 0.6) is 5.75 Å². The molecule has 3 nitrogen and oxygen atoms in total. The van der Waals surface area contributed by atoms with Crippen LogP contribution < -0.4 is 10.1 Å². The van der Waals surface area contributed by atoms with E-state index in [4.69, 9.17) is 9.15 Å². The Hall–Kier alpha value is -1.48. The van der Waals surface area contributed by atoms with Gasteiger partial charge in [-0.1, -0.05) is 20.8 Å². The topological polar surface area (TPSA) is 34.4 Å². The van der Waals surface area contributed by atoms with E-state index in [-0.39, 0.29) is 0 Å². The molecule has 0 aliphatic rings. The van der Waals surface area contributed by atoms with Crippen molar-refractivity contribution in [1.29, 1.82) is 0 Å². The summed E-state index contributed by atoms with van der Waals surface area (Å²) >= 11 is 0. The minimum atomic E-state index is 0.452. The second-order valence-electron chi connectivity index (χ2n) is 5.13. The molecule has 0 unspecified atom stereocenters. The van der Waals surface area contributed by atoms with Gasteiger partial charge in [0.2, 0.25) is 0 Å². The fourth-order valence-electron chi connectivity index (χ4n) is 2.42. The Morgan fingerprint density at radius 2 is 2.11 bits per heavy atom. The van der Waals surface area contributed by atoms with Gasteiger partial charge in [0.1, 0.15) is 17.1 Å². The molecule has 0 fully saturated rings. The lowest BCUT2D eigenvalue weighted by Crippen LogP contribution is -2.14. The van der Waals surface area contributed by atoms with Crippen molar-refractivity contribution in [1.82, 2.24) is 5.32 Å². The van der Waals surface area contributed by atoms with Crippen LogP contribution in [0.1, 0.15) is 44.4 Å². The number of fused-ring (bicyclic) bond motifs is 1. The standard InChI is InChI=1S/C16H23NO2/c1-5-8-17-10-15-16(11(2)3)13-7-6-12(18-4)9-14(13)19-15/h6-7,9,11,17H,5,8,10H2,1-4H3. The number of benzene rings is 1. The summed E-state index contributed by atoms with van der Waals surface area (Å²) in [5, 5.41) is 4.61. The number of methoxy groups -OCH3 is 1. The minimum absolute atomic E-state index is 0.452.